The summed E-state index contributed by atoms with van der Waals surface area (Å²) in [5.74, 6) is -0.0103. The van der Waals surface area contributed by atoms with Gasteiger partial charge in [-0.1, -0.05) is 28.1 Å². The van der Waals surface area contributed by atoms with Crippen LogP contribution in [-0.2, 0) is 11.2 Å². The molecule has 0 fully saturated rings. The van der Waals surface area contributed by atoms with E-state index in [4.69, 9.17) is 5.26 Å². The largest absolute Gasteiger partial charge is 0.327 e. The predicted molar refractivity (Wildman–Crippen MR) is 70.3 cm³/mol. The molecule has 1 aromatic carbocycles. The third kappa shape index (κ3) is 4.20. The van der Waals surface area contributed by atoms with Gasteiger partial charge >= 0.3 is 0 Å². The minimum absolute atomic E-state index is 0.0103. The van der Waals surface area contributed by atoms with Crippen LogP contribution in [0.25, 0.3) is 0 Å². The van der Waals surface area contributed by atoms with Gasteiger partial charge in [-0.2, -0.15) is 5.26 Å². The molecule has 0 unspecified atom stereocenters. The summed E-state index contributed by atoms with van der Waals surface area (Å²) in [7, 11) is 0. The standard InChI is InChI=1S/C13H15BrN2O/c1-10(2)16(8-7-15)13(17)9-11-3-5-12(14)6-4-11/h3-6,10H,8-9H2,1-2H3. The topological polar surface area (TPSA) is 44.1 Å². The fraction of sp³-hybridized carbons (Fsp3) is 0.385. The Morgan fingerprint density at radius 2 is 2.00 bits per heavy atom. The molecule has 0 aromatic heterocycles. The van der Waals surface area contributed by atoms with Gasteiger partial charge in [-0.25, -0.2) is 0 Å². The highest BCUT2D eigenvalue weighted by atomic mass is 79.9. The highest BCUT2D eigenvalue weighted by Crippen LogP contribution is 2.12. The molecular weight excluding hydrogens is 280 g/mol. The molecule has 90 valence electrons. The van der Waals surface area contributed by atoms with Crippen LogP contribution < -0.4 is 0 Å². The molecule has 0 spiro atoms. The molecule has 0 aliphatic rings. The minimum Gasteiger partial charge on any atom is -0.327 e. The molecule has 17 heavy (non-hydrogen) atoms. The first-order valence-electron chi connectivity index (χ1n) is 5.45. The fourth-order valence-corrected chi connectivity index (χ4v) is 1.78. The van der Waals surface area contributed by atoms with E-state index in [1.165, 1.54) is 0 Å². The number of benzene rings is 1. The maximum atomic E-state index is 12.0. The van der Waals surface area contributed by atoms with E-state index in [1.54, 1.807) is 4.90 Å². The van der Waals surface area contributed by atoms with Crippen molar-refractivity contribution in [3.63, 3.8) is 0 Å². The van der Waals surface area contributed by atoms with Crippen molar-refractivity contribution in [1.29, 1.82) is 5.26 Å². The highest BCUT2D eigenvalue weighted by molar-refractivity contribution is 9.10. The van der Waals surface area contributed by atoms with Crippen molar-refractivity contribution in [2.24, 2.45) is 0 Å². The number of amides is 1. The molecule has 1 aromatic rings. The maximum absolute atomic E-state index is 12.0. The van der Waals surface area contributed by atoms with Crippen LogP contribution in [0.4, 0.5) is 0 Å². The SMILES string of the molecule is CC(C)N(CC#N)C(=O)Cc1ccc(Br)cc1. The van der Waals surface area contributed by atoms with Crippen LogP contribution in [0.5, 0.6) is 0 Å². The highest BCUT2D eigenvalue weighted by Gasteiger charge is 2.16. The Labute approximate surface area is 110 Å². The Bertz CT molecular complexity index is 420. The Balaban J connectivity index is 2.70. The van der Waals surface area contributed by atoms with Gasteiger partial charge in [0.2, 0.25) is 5.91 Å². The van der Waals surface area contributed by atoms with Gasteiger partial charge in [-0.3, -0.25) is 4.79 Å². The first-order valence-corrected chi connectivity index (χ1v) is 6.24. The number of carbonyl (C=O) groups is 1. The molecule has 0 N–H and O–H groups in total. The van der Waals surface area contributed by atoms with Crippen molar-refractivity contribution in [2.75, 3.05) is 6.54 Å². The van der Waals surface area contributed by atoms with Crippen LogP contribution in [0.1, 0.15) is 19.4 Å². The van der Waals surface area contributed by atoms with Gasteiger partial charge in [0.1, 0.15) is 6.54 Å². The molecule has 0 saturated carbocycles. The zero-order valence-electron chi connectivity index (χ0n) is 9.98. The van der Waals surface area contributed by atoms with Crippen LogP contribution in [0.15, 0.2) is 28.7 Å². The Morgan fingerprint density at radius 1 is 1.41 bits per heavy atom. The number of hydrogen-bond donors (Lipinski definition) is 0. The zero-order chi connectivity index (χ0) is 12.8. The summed E-state index contributed by atoms with van der Waals surface area (Å²) in [5.41, 5.74) is 0.960. The van der Waals surface area contributed by atoms with Crippen LogP contribution in [-0.4, -0.2) is 23.4 Å². The van der Waals surface area contributed by atoms with E-state index in [1.807, 2.05) is 44.2 Å². The van der Waals surface area contributed by atoms with Crippen LogP contribution in [0, 0.1) is 11.3 Å². The van der Waals surface area contributed by atoms with E-state index >= 15 is 0 Å². The van der Waals surface area contributed by atoms with E-state index in [0.29, 0.717) is 6.42 Å². The lowest BCUT2D eigenvalue weighted by Crippen LogP contribution is -2.38. The van der Waals surface area contributed by atoms with E-state index in [9.17, 15) is 4.79 Å². The fourth-order valence-electron chi connectivity index (χ4n) is 1.51. The van der Waals surface area contributed by atoms with Crippen molar-refractivity contribution in [3.05, 3.63) is 34.3 Å². The number of rotatable bonds is 4. The van der Waals surface area contributed by atoms with Crippen molar-refractivity contribution >= 4 is 21.8 Å². The molecule has 0 aliphatic heterocycles. The Kier molecular flexibility index (Phi) is 5.17. The van der Waals surface area contributed by atoms with Gasteiger partial charge in [0.25, 0.3) is 0 Å². The number of nitriles is 1. The summed E-state index contributed by atoms with van der Waals surface area (Å²) in [6, 6.07) is 9.71. The zero-order valence-corrected chi connectivity index (χ0v) is 11.6. The van der Waals surface area contributed by atoms with Gasteiger partial charge in [0.05, 0.1) is 12.5 Å². The summed E-state index contributed by atoms with van der Waals surface area (Å²) in [6.45, 7) is 3.97. The van der Waals surface area contributed by atoms with Crippen LogP contribution in [0.2, 0.25) is 0 Å². The van der Waals surface area contributed by atoms with E-state index in [2.05, 4.69) is 15.9 Å². The molecule has 0 atom stereocenters. The van der Waals surface area contributed by atoms with Gasteiger partial charge in [-0.15, -0.1) is 0 Å². The van der Waals surface area contributed by atoms with Gasteiger partial charge in [0, 0.05) is 10.5 Å². The Hall–Kier alpha value is -1.34. The average molecular weight is 295 g/mol. The molecule has 0 heterocycles. The second-order valence-electron chi connectivity index (χ2n) is 4.08. The first-order chi connectivity index (χ1) is 8.04. The van der Waals surface area contributed by atoms with Crippen LogP contribution >= 0.6 is 15.9 Å². The molecule has 0 aliphatic carbocycles. The summed E-state index contributed by atoms with van der Waals surface area (Å²) >= 11 is 3.35. The molecule has 0 saturated heterocycles. The third-order valence-corrected chi connectivity index (χ3v) is 2.98. The number of carbonyl (C=O) groups excluding carboxylic acids is 1. The molecule has 1 amide bonds. The lowest BCUT2D eigenvalue weighted by molar-refractivity contribution is -0.131. The second-order valence-corrected chi connectivity index (χ2v) is 4.99. The molecule has 4 heteroatoms. The van der Waals surface area contributed by atoms with E-state index in [-0.39, 0.29) is 18.5 Å². The van der Waals surface area contributed by atoms with E-state index in [0.717, 1.165) is 10.0 Å². The monoisotopic (exact) mass is 294 g/mol. The molecule has 0 bridgehead atoms. The normalized spacial score (nSPS) is 10.1. The third-order valence-electron chi connectivity index (χ3n) is 2.45. The van der Waals surface area contributed by atoms with Crippen molar-refractivity contribution in [3.8, 4) is 6.07 Å². The first kappa shape index (κ1) is 13.7. The summed E-state index contributed by atoms with van der Waals surface area (Å²) in [6.07, 6.45) is 0.340. The van der Waals surface area contributed by atoms with Gasteiger partial charge in [-0.05, 0) is 31.5 Å². The number of halogens is 1. The van der Waals surface area contributed by atoms with Crippen molar-refractivity contribution in [2.45, 2.75) is 26.3 Å². The molecule has 3 nitrogen and oxygen atoms in total. The number of hydrogen-bond acceptors (Lipinski definition) is 2. The molecule has 0 radical (unpaired) electrons. The lowest BCUT2D eigenvalue weighted by atomic mass is 10.1. The van der Waals surface area contributed by atoms with Crippen LogP contribution in [0.3, 0.4) is 0 Å². The lowest BCUT2D eigenvalue weighted by Gasteiger charge is -2.23. The Morgan fingerprint density at radius 3 is 2.47 bits per heavy atom. The smallest absolute Gasteiger partial charge is 0.228 e. The second kappa shape index (κ2) is 6.41. The predicted octanol–water partition coefficient (Wildman–Crippen LogP) is 2.75. The van der Waals surface area contributed by atoms with E-state index < -0.39 is 0 Å². The summed E-state index contributed by atoms with van der Waals surface area (Å²) < 4.78 is 0.992. The summed E-state index contributed by atoms with van der Waals surface area (Å²) in [5, 5.41) is 8.69. The minimum atomic E-state index is -0.0103. The average Bonchev–Trinajstić information content (AvgIpc) is 2.28. The molecule has 1 rings (SSSR count). The van der Waals surface area contributed by atoms with Gasteiger partial charge < -0.3 is 4.90 Å². The molecular formula is C13H15BrN2O. The van der Waals surface area contributed by atoms with Gasteiger partial charge in [0.15, 0.2) is 0 Å². The van der Waals surface area contributed by atoms with Crippen molar-refractivity contribution < 1.29 is 4.79 Å². The van der Waals surface area contributed by atoms with Crippen molar-refractivity contribution in [1.82, 2.24) is 4.90 Å². The summed E-state index contributed by atoms with van der Waals surface area (Å²) in [4.78, 5) is 13.6. The quantitative estimate of drug-likeness (QED) is 0.802. The number of nitrogens with zero attached hydrogens (tertiary/aromatic N) is 2. The maximum Gasteiger partial charge on any atom is 0.228 e.